The fourth-order valence-corrected chi connectivity index (χ4v) is 1.18. The third-order valence-electron chi connectivity index (χ3n) is 2.30. The summed E-state index contributed by atoms with van der Waals surface area (Å²) in [5.74, 6) is -0.118. The van der Waals surface area contributed by atoms with Gasteiger partial charge in [-0.1, -0.05) is 6.07 Å². The molecule has 0 aliphatic carbocycles. The van der Waals surface area contributed by atoms with Crippen molar-refractivity contribution in [2.24, 2.45) is 0 Å². The first-order valence-electron chi connectivity index (χ1n) is 4.72. The molecular formula is C11H16O4. The number of aliphatic hydroxyl groups is 2. The van der Waals surface area contributed by atoms with Crippen molar-refractivity contribution < 1.29 is 20.4 Å². The van der Waals surface area contributed by atoms with Crippen molar-refractivity contribution in [1.82, 2.24) is 0 Å². The van der Waals surface area contributed by atoms with E-state index in [1.165, 1.54) is 32.0 Å². The second kappa shape index (κ2) is 4.08. The Kier molecular flexibility index (Phi) is 3.21. The lowest BCUT2D eigenvalue weighted by Gasteiger charge is -2.24. The van der Waals surface area contributed by atoms with Gasteiger partial charge in [-0.2, -0.15) is 0 Å². The maximum Gasteiger partial charge on any atom is 0.122 e. The van der Waals surface area contributed by atoms with E-state index in [4.69, 9.17) is 5.11 Å². The molecule has 0 aliphatic heterocycles. The van der Waals surface area contributed by atoms with E-state index in [0.29, 0.717) is 5.56 Å². The van der Waals surface area contributed by atoms with Crippen LogP contribution in [0.25, 0.3) is 0 Å². The molecule has 4 nitrogen and oxygen atoms in total. The number of rotatable bonds is 3. The normalized spacial score (nSPS) is 13.9. The highest BCUT2D eigenvalue weighted by Crippen LogP contribution is 2.25. The summed E-state index contributed by atoms with van der Waals surface area (Å²) in [6, 6.07) is 4.14. The predicted octanol–water partition coefficient (Wildman–Crippen LogP) is 0.772. The summed E-state index contributed by atoms with van der Waals surface area (Å²) in [4.78, 5) is 0. The van der Waals surface area contributed by atoms with Gasteiger partial charge < -0.3 is 20.4 Å². The standard InChI is InChI=1S/C11H16O4/c1-11(2,15)10(14)5-7-3-4-8(12)6-9(7)13/h3-4,6,10,12-15H,5H2,1-2H3. The van der Waals surface area contributed by atoms with Crippen LogP contribution in [0.15, 0.2) is 18.2 Å². The molecule has 0 saturated heterocycles. The number of phenols is 2. The van der Waals surface area contributed by atoms with Crippen LogP contribution in [0.2, 0.25) is 0 Å². The average molecular weight is 212 g/mol. The van der Waals surface area contributed by atoms with E-state index in [0.717, 1.165) is 0 Å². The smallest absolute Gasteiger partial charge is 0.122 e. The summed E-state index contributed by atoms with van der Waals surface area (Å²) >= 11 is 0. The molecule has 1 atom stereocenters. The number of aliphatic hydroxyl groups excluding tert-OH is 1. The van der Waals surface area contributed by atoms with Crippen molar-refractivity contribution >= 4 is 0 Å². The van der Waals surface area contributed by atoms with Crippen molar-refractivity contribution in [3.05, 3.63) is 23.8 Å². The van der Waals surface area contributed by atoms with Gasteiger partial charge in [0.15, 0.2) is 0 Å². The summed E-state index contributed by atoms with van der Waals surface area (Å²) in [5.41, 5.74) is -0.730. The minimum Gasteiger partial charge on any atom is -0.508 e. The highest BCUT2D eigenvalue weighted by atomic mass is 16.3. The largest absolute Gasteiger partial charge is 0.508 e. The molecule has 0 saturated carbocycles. The molecule has 0 bridgehead atoms. The predicted molar refractivity (Wildman–Crippen MR) is 55.8 cm³/mol. The molecule has 4 heteroatoms. The maximum absolute atomic E-state index is 9.61. The van der Waals surface area contributed by atoms with Crippen LogP contribution in [-0.2, 0) is 6.42 Å². The van der Waals surface area contributed by atoms with Gasteiger partial charge in [0.1, 0.15) is 11.5 Å². The van der Waals surface area contributed by atoms with Gasteiger partial charge in [-0.15, -0.1) is 0 Å². The first-order valence-corrected chi connectivity index (χ1v) is 4.72. The lowest BCUT2D eigenvalue weighted by atomic mass is 9.95. The number of hydrogen-bond acceptors (Lipinski definition) is 4. The molecule has 1 unspecified atom stereocenters. The number of hydrogen-bond donors (Lipinski definition) is 4. The van der Waals surface area contributed by atoms with E-state index in [-0.39, 0.29) is 17.9 Å². The van der Waals surface area contributed by atoms with Crippen LogP contribution < -0.4 is 0 Å². The Morgan fingerprint density at radius 1 is 1.27 bits per heavy atom. The minimum atomic E-state index is -1.22. The summed E-state index contributed by atoms with van der Waals surface area (Å²) in [5, 5.41) is 37.6. The SMILES string of the molecule is CC(C)(O)C(O)Cc1ccc(O)cc1O. The van der Waals surface area contributed by atoms with Gasteiger partial charge in [-0.3, -0.25) is 0 Å². The van der Waals surface area contributed by atoms with E-state index >= 15 is 0 Å². The highest BCUT2D eigenvalue weighted by Gasteiger charge is 2.25. The molecule has 1 aromatic rings. The average Bonchev–Trinajstić information content (AvgIpc) is 2.08. The van der Waals surface area contributed by atoms with E-state index in [1.54, 1.807) is 0 Å². The molecule has 4 N–H and O–H groups in total. The Bertz CT molecular complexity index is 341. The van der Waals surface area contributed by atoms with Crippen LogP contribution in [0, 0.1) is 0 Å². The highest BCUT2D eigenvalue weighted by molar-refractivity contribution is 5.39. The van der Waals surface area contributed by atoms with E-state index < -0.39 is 11.7 Å². The van der Waals surface area contributed by atoms with Crippen LogP contribution in [0.4, 0.5) is 0 Å². The molecular weight excluding hydrogens is 196 g/mol. The summed E-state index contributed by atoms with van der Waals surface area (Å²) in [6.07, 6.45) is -0.830. The van der Waals surface area contributed by atoms with Crippen LogP contribution in [-0.4, -0.2) is 32.1 Å². The monoisotopic (exact) mass is 212 g/mol. The van der Waals surface area contributed by atoms with E-state index in [9.17, 15) is 15.3 Å². The van der Waals surface area contributed by atoms with Crippen molar-refractivity contribution in [2.75, 3.05) is 0 Å². The zero-order valence-electron chi connectivity index (χ0n) is 8.81. The first kappa shape index (κ1) is 11.8. The molecule has 0 spiro atoms. The lowest BCUT2D eigenvalue weighted by molar-refractivity contribution is -0.0471. The van der Waals surface area contributed by atoms with Crippen molar-refractivity contribution in [1.29, 1.82) is 0 Å². The molecule has 1 aromatic carbocycles. The molecule has 0 fully saturated rings. The summed E-state index contributed by atoms with van der Waals surface area (Å²) in [7, 11) is 0. The molecule has 0 radical (unpaired) electrons. The van der Waals surface area contributed by atoms with Crippen molar-refractivity contribution in [2.45, 2.75) is 32.0 Å². The number of aromatic hydroxyl groups is 2. The van der Waals surface area contributed by atoms with Gasteiger partial charge in [0.2, 0.25) is 0 Å². The van der Waals surface area contributed by atoms with E-state index in [1.807, 2.05) is 0 Å². The third kappa shape index (κ3) is 3.11. The Labute approximate surface area is 88.4 Å². The summed E-state index contributed by atoms with van der Waals surface area (Å²) < 4.78 is 0. The second-order valence-corrected chi connectivity index (χ2v) is 4.19. The van der Waals surface area contributed by atoms with Crippen LogP contribution in [0.1, 0.15) is 19.4 Å². The molecule has 0 amide bonds. The quantitative estimate of drug-likeness (QED) is 0.596. The second-order valence-electron chi connectivity index (χ2n) is 4.19. The van der Waals surface area contributed by atoms with Crippen molar-refractivity contribution in [3.63, 3.8) is 0 Å². The molecule has 0 aliphatic rings. The van der Waals surface area contributed by atoms with Crippen molar-refractivity contribution in [3.8, 4) is 11.5 Å². The Morgan fingerprint density at radius 2 is 1.87 bits per heavy atom. The topological polar surface area (TPSA) is 80.9 Å². The maximum atomic E-state index is 9.61. The van der Waals surface area contributed by atoms with Gasteiger partial charge in [0.25, 0.3) is 0 Å². The number of benzene rings is 1. The summed E-state index contributed by atoms with van der Waals surface area (Å²) in [6.45, 7) is 2.99. The fourth-order valence-electron chi connectivity index (χ4n) is 1.18. The van der Waals surface area contributed by atoms with E-state index in [2.05, 4.69) is 0 Å². The lowest BCUT2D eigenvalue weighted by Crippen LogP contribution is -2.37. The van der Waals surface area contributed by atoms with Crippen LogP contribution >= 0.6 is 0 Å². The van der Waals surface area contributed by atoms with Gasteiger partial charge in [-0.25, -0.2) is 0 Å². The van der Waals surface area contributed by atoms with Crippen LogP contribution in [0.3, 0.4) is 0 Å². The molecule has 1 rings (SSSR count). The minimum absolute atomic E-state index is 0.0333. The first-order chi connectivity index (χ1) is 6.80. The zero-order chi connectivity index (χ0) is 11.6. The Morgan fingerprint density at radius 3 is 2.33 bits per heavy atom. The molecule has 0 heterocycles. The van der Waals surface area contributed by atoms with Gasteiger partial charge in [0.05, 0.1) is 11.7 Å². The van der Waals surface area contributed by atoms with Gasteiger partial charge in [-0.05, 0) is 25.5 Å². The molecule has 84 valence electrons. The molecule has 15 heavy (non-hydrogen) atoms. The number of phenolic OH excluding ortho intramolecular Hbond substituents is 2. The van der Waals surface area contributed by atoms with Gasteiger partial charge in [0, 0.05) is 12.5 Å². The van der Waals surface area contributed by atoms with Gasteiger partial charge >= 0.3 is 0 Å². The Hall–Kier alpha value is -1.26. The zero-order valence-corrected chi connectivity index (χ0v) is 8.81. The fraction of sp³-hybridized carbons (Fsp3) is 0.455. The van der Waals surface area contributed by atoms with Crippen LogP contribution in [0.5, 0.6) is 11.5 Å². The Balaban J connectivity index is 2.82. The molecule has 0 aromatic heterocycles. The third-order valence-corrected chi connectivity index (χ3v) is 2.30.